The lowest BCUT2D eigenvalue weighted by atomic mass is 9.86. The molecule has 0 aliphatic heterocycles. The van der Waals surface area contributed by atoms with Crippen molar-refractivity contribution >= 4 is 34.0 Å². The van der Waals surface area contributed by atoms with Gasteiger partial charge in [0, 0.05) is 6.42 Å². The highest BCUT2D eigenvalue weighted by molar-refractivity contribution is 7.18. The van der Waals surface area contributed by atoms with Crippen LogP contribution in [0.1, 0.15) is 84.4 Å². The maximum absolute atomic E-state index is 12.3. The molecular weight excluding hydrogens is 338 g/mol. The van der Waals surface area contributed by atoms with Crippen LogP contribution in [0, 0.1) is 12.8 Å². The predicted molar refractivity (Wildman–Crippen MR) is 99.5 cm³/mol. The number of anilines is 1. The molecule has 1 N–H and O–H groups in total. The third-order valence-electron chi connectivity index (χ3n) is 4.70. The topological polar surface area (TPSA) is 72.5 Å². The molecule has 0 spiro atoms. The molecule has 0 bridgehead atoms. The number of thiophene rings is 1. The minimum Gasteiger partial charge on any atom is -0.462 e. The zero-order valence-corrected chi connectivity index (χ0v) is 16.1. The summed E-state index contributed by atoms with van der Waals surface area (Å²) in [7, 11) is 0. The van der Waals surface area contributed by atoms with Gasteiger partial charge in [-0.3, -0.25) is 9.59 Å². The third kappa shape index (κ3) is 5.14. The minimum atomic E-state index is -0.494. The molecule has 25 heavy (non-hydrogen) atoms. The molecule has 0 saturated heterocycles. The number of hydrogen-bond donors (Lipinski definition) is 1. The average Bonchev–Trinajstić information content (AvgIpc) is 2.90. The first kappa shape index (κ1) is 19.6. The second-order valence-electron chi connectivity index (χ2n) is 6.63. The molecule has 6 heteroatoms. The van der Waals surface area contributed by atoms with E-state index in [0.29, 0.717) is 33.3 Å². The van der Waals surface area contributed by atoms with Crippen LogP contribution >= 0.6 is 11.3 Å². The number of nitrogens with one attached hydrogen (secondary N) is 1. The van der Waals surface area contributed by atoms with E-state index in [1.165, 1.54) is 39.0 Å². The quantitative estimate of drug-likeness (QED) is 0.560. The standard InChI is InChI=1S/C19H27NO4S/c1-4-24-19(23)16-12(2)17(13(3)21)25-18(16)20-15(22)11-10-14-8-6-5-7-9-14/h14H,4-11H2,1-3H3,(H,20,22). The van der Waals surface area contributed by atoms with Crippen molar-refractivity contribution in [3.63, 3.8) is 0 Å². The summed E-state index contributed by atoms with van der Waals surface area (Å²) in [6, 6.07) is 0. The van der Waals surface area contributed by atoms with Crippen LogP contribution in [0.2, 0.25) is 0 Å². The highest BCUT2D eigenvalue weighted by Gasteiger charge is 2.25. The number of carbonyl (C=O) groups is 3. The normalized spacial score (nSPS) is 15.0. The maximum atomic E-state index is 12.3. The van der Waals surface area contributed by atoms with Crippen LogP contribution in [0.4, 0.5) is 5.00 Å². The Balaban J connectivity index is 2.08. The third-order valence-corrected chi connectivity index (χ3v) is 6.01. The fourth-order valence-corrected chi connectivity index (χ4v) is 4.49. The lowest BCUT2D eigenvalue weighted by Crippen LogP contribution is -2.16. The van der Waals surface area contributed by atoms with Crippen LogP contribution in [0.15, 0.2) is 0 Å². The Labute approximate surface area is 153 Å². The summed E-state index contributed by atoms with van der Waals surface area (Å²) in [5, 5.41) is 3.26. The summed E-state index contributed by atoms with van der Waals surface area (Å²) in [5.74, 6) is -0.0866. The molecule has 1 heterocycles. The Kier molecular flexibility index (Phi) is 7.17. The van der Waals surface area contributed by atoms with E-state index in [0.717, 1.165) is 17.8 Å². The molecule has 1 saturated carbocycles. The molecule has 1 aromatic rings. The molecular formula is C19H27NO4S. The minimum absolute atomic E-state index is 0.104. The first-order valence-corrected chi connectivity index (χ1v) is 9.87. The summed E-state index contributed by atoms with van der Waals surface area (Å²) >= 11 is 1.16. The van der Waals surface area contributed by atoms with E-state index >= 15 is 0 Å². The van der Waals surface area contributed by atoms with Gasteiger partial charge < -0.3 is 10.1 Å². The number of esters is 1. The molecule has 138 valence electrons. The lowest BCUT2D eigenvalue weighted by Gasteiger charge is -2.20. The number of Topliss-reactive ketones (excluding diaryl/α,β-unsaturated/α-hetero) is 1. The Hall–Kier alpha value is -1.69. The summed E-state index contributed by atoms with van der Waals surface area (Å²) in [6.07, 6.45) is 7.54. The molecule has 1 fully saturated rings. The van der Waals surface area contributed by atoms with E-state index in [1.54, 1.807) is 13.8 Å². The Morgan fingerprint density at radius 2 is 1.88 bits per heavy atom. The van der Waals surface area contributed by atoms with E-state index in [4.69, 9.17) is 4.74 Å². The summed E-state index contributed by atoms with van der Waals surface area (Å²) in [5.41, 5.74) is 0.890. The monoisotopic (exact) mass is 365 g/mol. The van der Waals surface area contributed by atoms with Gasteiger partial charge in [0.2, 0.25) is 5.91 Å². The van der Waals surface area contributed by atoms with Gasteiger partial charge >= 0.3 is 5.97 Å². The Morgan fingerprint density at radius 1 is 1.20 bits per heavy atom. The first-order chi connectivity index (χ1) is 11.9. The van der Waals surface area contributed by atoms with E-state index in [-0.39, 0.29) is 18.3 Å². The van der Waals surface area contributed by atoms with Gasteiger partial charge in [-0.05, 0) is 38.7 Å². The second-order valence-corrected chi connectivity index (χ2v) is 7.65. The van der Waals surface area contributed by atoms with Gasteiger partial charge in [-0.15, -0.1) is 11.3 Å². The van der Waals surface area contributed by atoms with Crippen molar-refractivity contribution < 1.29 is 19.1 Å². The van der Waals surface area contributed by atoms with E-state index < -0.39 is 5.97 Å². The molecule has 1 aliphatic carbocycles. The summed E-state index contributed by atoms with van der Waals surface area (Å²) in [6.45, 7) is 5.16. The molecule has 1 amide bonds. The molecule has 2 rings (SSSR count). The number of hydrogen-bond acceptors (Lipinski definition) is 5. The van der Waals surface area contributed by atoms with Gasteiger partial charge in [-0.25, -0.2) is 4.79 Å². The van der Waals surface area contributed by atoms with Crippen molar-refractivity contribution in [2.45, 2.75) is 65.7 Å². The van der Waals surface area contributed by atoms with Crippen molar-refractivity contribution in [2.24, 2.45) is 5.92 Å². The molecule has 1 aromatic heterocycles. The van der Waals surface area contributed by atoms with Gasteiger partial charge in [0.05, 0.1) is 17.0 Å². The number of ether oxygens (including phenoxy) is 1. The van der Waals surface area contributed by atoms with Crippen molar-refractivity contribution in [3.8, 4) is 0 Å². The number of ketones is 1. The summed E-state index contributed by atoms with van der Waals surface area (Å²) < 4.78 is 5.08. The first-order valence-electron chi connectivity index (χ1n) is 9.05. The van der Waals surface area contributed by atoms with Crippen molar-refractivity contribution in [2.75, 3.05) is 11.9 Å². The predicted octanol–water partition coefficient (Wildman–Crippen LogP) is 4.73. The van der Waals surface area contributed by atoms with Gasteiger partial charge in [-0.1, -0.05) is 32.1 Å². The van der Waals surface area contributed by atoms with Crippen LogP contribution in [0.3, 0.4) is 0 Å². The second kappa shape index (κ2) is 9.13. The van der Waals surface area contributed by atoms with Gasteiger partial charge in [0.1, 0.15) is 5.00 Å². The highest BCUT2D eigenvalue weighted by atomic mass is 32.1. The van der Waals surface area contributed by atoms with Gasteiger partial charge in [0.15, 0.2) is 5.78 Å². The van der Waals surface area contributed by atoms with Crippen LogP contribution in [-0.4, -0.2) is 24.3 Å². The van der Waals surface area contributed by atoms with Gasteiger partial charge in [-0.2, -0.15) is 0 Å². The van der Waals surface area contributed by atoms with E-state index in [1.807, 2.05) is 0 Å². The molecule has 1 aliphatic rings. The van der Waals surface area contributed by atoms with Crippen molar-refractivity contribution in [1.82, 2.24) is 0 Å². The molecule has 0 atom stereocenters. The van der Waals surface area contributed by atoms with Crippen molar-refractivity contribution in [3.05, 3.63) is 16.0 Å². The molecule has 5 nitrogen and oxygen atoms in total. The van der Waals surface area contributed by atoms with E-state index in [2.05, 4.69) is 5.32 Å². The smallest absolute Gasteiger partial charge is 0.341 e. The number of amides is 1. The molecule has 0 radical (unpaired) electrons. The lowest BCUT2D eigenvalue weighted by molar-refractivity contribution is -0.116. The highest BCUT2D eigenvalue weighted by Crippen LogP contribution is 2.34. The number of carbonyl (C=O) groups excluding carboxylic acids is 3. The zero-order chi connectivity index (χ0) is 18.4. The largest absolute Gasteiger partial charge is 0.462 e. The number of rotatable bonds is 7. The zero-order valence-electron chi connectivity index (χ0n) is 15.3. The van der Waals surface area contributed by atoms with Crippen LogP contribution in [0.25, 0.3) is 0 Å². The van der Waals surface area contributed by atoms with Crippen LogP contribution < -0.4 is 5.32 Å². The molecule has 0 unspecified atom stereocenters. The average molecular weight is 365 g/mol. The van der Waals surface area contributed by atoms with Crippen molar-refractivity contribution in [1.29, 1.82) is 0 Å². The van der Waals surface area contributed by atoms with Crippen LogP contribution in [-0.2, 0) is 9.53 Å². The fraction of sp³-hybridized carbons (Fsp3) is 0.632. The Bertz CT molecular complexity index is 644. The molecule has 0 aromatic carbocycles. The Morgan fingerprint density at radius 3 is 2.48 bits per heavy atom. The SMILES string of the molecule is CCOC(=O)c1c(NC(=O)CCC2CCCCC2)sc(C(C)=O)c1C. The van der Waals surface area contributed by atoms with Gasteiger partial charge in [0.25, 0.3) is 0 Å². The van der Waals surface area contributed by atoms with Crippen LogP contribution in [0.5, 0.6) is 0 Å². The fourth-order valence-electron chi connectivity index (χ4n) is 3.39. The van der Waals surface area contributed by atoms with E-state index in [9.17, 15) is 14.4 Å². The maximum Gasteiger partial charge on any atom is 0.341 e. The summed E-state index contributed by atoms with van der Waals surface area (Å²) in [4.78, 5) is 36.8.